The zero-order chi connectivity index (χ0) is 55.3. The number of nitrogens with zero attached hydrogens (tertiary/aromatic N) is 2. The van der Waals surface area contributed by atoms with Crippen molar-refractivity contribution in [3.63, 3.8) is 0 Å². The first kappa shape index (κ1) is 56.9. The molecule has 0 fully saturated rings. The van der Waals surface area contributed by atoms with E-state index in [1.165, 1.54) is 12.1 Å². The Hall–Kier alpha value is -6.97. The minimum Gasteiger partial charge on any atom is -0.508 e. The van der Waals surface area contributed by atoms with Crippen LogP contribution in [0.1, 0.15) is 54.9 Å². The van der Waals surface area contributed by atoms with Gasteiger partial charge in [-0.1, -0.05) is 48.5 Å². The highest BCUT2D eigenvalue weighted by Gasteiger charge is 2.47. The number of benzene rings is 5. The Balaban J connectivity index is 0.000000520. The zero-order valence-corrected chi connectivity index (χ0v) is 35.2. The topological polar surface area (TPSA) is 54.1 Å². The fraction of sp³-hybridized carbons (Fsp3) is 0.205. The van der Waals surface area contributed by atoms with E-state index in [-0.39, 0.29) is 18.1 Å². The second-order valence-electron chi connectivity index (χ2n) is 15.6. The Morgan fingerprint density at radius 3 is 0.808 bits per heavy atom. The molecule has 5 aromatic carbocycles. The van der Waals surface area contributed by atoms with E-state index in [0.717, 1.165) is 0 Å². The molecule has 0 aliphatic carbocycles. The maximum atomic E-state index is 14.2. The molecule has 1 N–H and O–H groups in total. The van der Waals surface area contributed by atoms with Crippen LogP contribution < -0.4 is 26.4 Å². The maximum Gasteiger partial charge on any atom is 0.416 e. The highest BCUT2D eigenvalue weighted by Crippen LogP contribution is 2.41. The van der Waals surface area contributed by atoms with Crippen molar-refractivity contribution in [2.75, 3.05) is 0 Å². The number of Topliss-reactive ketones (excluding diaryl/α,β-unsaturated/α-hetero) is 1. The maximum absolute atomic E-state index is 14.2. The summed E-state index contributed by atoms with van der Waals surface area (Å²) in [5, 5.41) is 9.10. The van der Waals surface area contributed by atoms with Gasteiger partial charge in [-0.05, 0) is 48.5 Å². The number of carbonyl (C=O) groups is 1. The number of ketones is 1. The van der Waals surface area contributed by atoms with Crippen LogP contribution in [-0.4, -0.2) is 22.0 Å². The Morgan fingerprint density at radius 1 is 0.384 bits per heavy atom. The van der Waals surface area contributed by atoms with E-state index in [1.807, 2.05) is 0 Å². The average molecular weight is 1080 g/mol. The summed E-state index contributed by atoms with van der Waals surface area (Å²) in [6, 6.07) is -2.58. The van der Waals surface area contributed by atoms with E-state index in [1.54, 1.807) is 41.5 Å². The van der Waals surface area contributed by atoms with Crippen molar-refractivity contribution in [2.24, 2.45) is 0 Å². The minimum atomic E-state index is -6.13. The molecule has 1 aromatic heterocycles. The lowest BCUT2D eigenvalue weighted by atomic mass is 9.12. The number of phenolic OH excluding ortho intramolecular Hbond substituents is 1. The third-order valence-electron chi connectivity index (χ3n) is 10.6. The molecule has 0 unspecified atom stereocenters. The van der Waals surface area contributed by atoms with E-state index in [4.69, 9.17) is 5.11 Å². The van der Waals surface area contributed by atoms with E-state index in [2.05, 4.69) is 4.98 Å². The first-order valence-corrected chi connectivity index (χ1v) is 19.5. The van der Waals surface area contributed by atoms with Gasteiger partial charge in [0.05, 0.1) is 56.9 Å². The van der Waals surface area contributed by atoms with Gasteiger partial charge >= 0.3 is 49.4 Å². The third kappa shape index (κ3) is 13.4. The lowest BCUT2D eigenvalue weighted by Gasteiger charge is -2.46. The van der Waals surface area contributed by atoms with Gasteiger partial charge in [-0.15, -0.1) is 0 Å². The van der Waals surface area contributed by atoms with Crippen LogP contribution in [0, 0.1) is 0 Å². The van der Waals surface area contributed by atoms with Crippen LogP contribution in [0.5, 0.6) is 5.75 Å². The van der Waals surface area contributed by atoms with Crippen LogP contribution in [0.15, 0.2) is 122 Å². The molecule has 29 heteroatoms. The van der Waals surface area contributed by atoms with Gasteiger partial charge in [-0.25, -0.2) is 0 Å². The fourth-order valence-corrected chi connectivity index (χ4v) is 7.43. The molecule has 0 amide bonds. The summed E-state index contributed by atoms with van der Waals surface area (Å²) >= 11 is 0. The van der Waals surface area contributed by atoms with Gasteiger partial charge in [-0.3, -0.25) is 9.78 Å². The van der Waals surface area contributed by atoms with Gasteiger partial charge in [0.15, 0.2) is 12.4 Å². The van der Waals surface area contributed by atoms with Gasteiger partial charge < -0.3 is 5.11 Å². The van der Waals surface area contributed by atoms with Crippen molar-refractivity contribution < 1.29 is 120 Å². The molecule has 0 radical (unpaired) electrons. The highest BCUT2D eigenvalue weighted by atomic mass is 19.4. The quantitative estimate of drug-likeness (QED) is 0.0750. The number of phenols is 1. The standard InChI is InChI=1S/C32H12BF24.C12H10N2O2/c34-25(35,36)13-1-14(26(37,38)39)6-21(5-13)33(22-7-15(27(40,41)42)2-16(8-22)28(43,44)45,23-9-17(29(46,47)48)3-18(10-23)30(49,50)51)24-11-19(31(52,53)54)4-20(12-24)32(55,56)57;15-11-3-1-10(2-4-11)12(16)9-14-7-5-13-6-8-14/h1-12H;1-8H,9H2/q-1;/p+1. The third-order valence-corrected chi connectivity index (χ3v) is 10.6. The smallest absolute Gasteiger partial charge is 0.416 e. The predicted octanol–water partition coefficient (Wildman–Crippen LogP) is 12.2. The Kier molecular flexibility index (Phi) is 15.2. The summed E-state index contributed by atoms with van der Waals surface area (Å²) in [4.78, 5) is 15.7. The molecular formula is C44H23BF24N2O2. The lowest BCUT2D eigenvalue weighted by molar-refractivity contribution is -0.683. The van der Waals surface area contributed by atoms with Crippen molar-refractivity contribution >= 4 is 33.8 Å². The van der Waals surface area contributed by atoms with Gasteiger partial charge in [0, 0.05) is 5.56 Å². The molecule has 0 saturated carbocycles. The average Bonchev–Trinajstić information content (AvgIpc) is 3.25. The number of aromatic hydroxyl groups is 1. The molecule has 73 heavy (non-hydrogen) atoms. The van der Waals surface area contributed by atoms with Gasteiger partial charge in [0.1, 0.15) is 11.9 Å². The van der Waals surface area contributed by atoms with Crippen molar-refractivity contribution in [1.82, 2.24) is 4.98 Å². The number of aromatic nitrogens is 2. The second kappa shape index (κ2) is 19.5. The number of hydrogen-bond donors (Lipinski definition) is 1. The molecular weight excluding hydrogens is 1060 g/mol. The van der Waals surface area contributed by atoms with E-state index in [0.29, 0.717) is 5.56 Å². The zero-order valence-electron chi connectivity index (χ0n) is 35.2. The van der Waals surface area contributed by atoms with Gasteiger partial charge in [0.25, 0.3) is 0 Å². The molecule has 6 aromatic rings. The first-order valence-electron chi connectivity index (χ1n) is 19.5. The Bertz CT molecular complexity index is 2510. The molecule has 392 valence electrons. The summed E-state index contributed by atoms with van der Waals surface area (Å²) < 4.78 is 343. The first-order chi connectivity index (χ1) is 33.0. The minimum absolute atomic E-state index is 0.00352. The summed E-state index contributed by atoms with van der Waals surface area (Å²) in [6.07, 6.45) is -48.1. The molecule has 0 saturated heterocycles. The largest absolute Gasteiger partial charge is 0.508 e. The van der Waals surface area contributed by atoms with Crippen LogP contribution in [0.4, 0.5) is 105 Å². The van der Waals surface area contributed by atoms with Crippen molar-refractivity contribution in [3.8, 4) is 5.75 Å². The Labute approximate surface area is 392 Å². The van der Waals surface area contributed by atoms with Crippen LogP contribution in [0.2, 0.25) is 0 Å². The SMILES string of the molecule is FC(F)(F)c1cc([B-](c2cc(C(F)(F)F)cc(C(F)(F)F)c2)(c2cc(C(F)(F)F)cc(C(F)(F)F)c2)c2cc(C(F)(F)F)cc(C(F)(F)F)c2)cc(C(F)(F)F)c1.O=C(C[n+]1ccncc1)c1ccc(O)cc1. The summed E-state index contributed by atoms with van der Waals surface area (Å²) in [7, 11) is 0. The normalized spacial score (nSPS) is 13.4. The molecule has 0 spiro atoms. The monoisotopic (exact) mass is 1080 g/mol. The summed E-state index contributed by atoms with van der Waals surface area (Å²) in [5.41, 5.74) is -29.6. The van der Waals surface area contributed by atoms with Crippen molar-refractivity contribution in [1.29, 1.82) is 0 Å². The predicted molar refractivity (Wildman–Crippen MR) is 207 cm³/mol. The van der Waals surface area contributed by atoms with E-state index >= 15 is 0 Å². The molecule has 6 rings (SSSR count). The molecule has 0 bridgehead atoms. The van der Waals surface area contributed by atoms with Crippen LogP contribution in [0.25, 0.3) is 0 Å². The number of rotatable bonds is 7. The van der Waals surface area contributed by atoms with Gasteiger partial charge in [0.2, 0.25) is 12.3 Å². The molecule has 4 nitrogen and oxygen atoms in total. The van der Waals surface area contributed by atoms with Gasteiger partial charge in [-0.2, -0.15) is 132 Å². The highest BCUT2D eigenvalue weighted by molar-refractivity contribution is 7.20. The van der Waals surface area contributed by atoms with E-state index in [9.17, 15) is 110 Å². The molecule has 1 heterocycles. The summed E-state index contributed by atoms with van der Waals surface area (Å²) in [6.45, 7) is 0.271. The second-order valence-corrected chi connectivity index (χ2v) is 15.6. The van der Waals surface area contributed by atoms with Crippen LogP contribution in [0.3, 0.4) is 0 Å². The fourth-order valence-electron chi connectivity index (χ4n) is 7.43. The number of hydrogen-bond acceptors (Lipinski definition) is 3. The number of carbonyl (C=O) groups excluding carboxylic acids is 1. The Morgan fingerprint density at radius 2 is 0.603 bits per heavy atom. The van der Waals surface area contributed by atoms with Crippen molar-refractivity contribution in [3.05, 3.63) is 172 Å². The molecule has 0 aliphatic heterocycles. The molecule has 0 atom stereocenters. The molecule has 0 aliphatic rings. The van der Waals surface area contributed by atoms with E-state index < -0.39 is 195 Å². The summed E-state index contributed by atoms with van der Waals surface area (Å²) in [5.74, 6) is 0.157. The lowest BCUT2D eigenvalue weighted by Crippen LogP contribution is -2.75. The van der Waals surface area contributed by atoms with Crippen LogP contribution in [-0.2, 0) is 56.0 Å². The number of halogens is 24. The van der Waals surface area contributed by atoms with Crippen molar-refractivity contribution in [2.45, 2.75) is 56.0 Å². The number of alkyl halides is 24. The van der Waals surface area contributed by atoms with Crippen LogP contribution >= 0.6 is 0 Å².